The van der Waals surface area contributed by atoms with Gasteiger partial charge in [0.15, 0.2) is 5.16 Å². The molecule has 34 heavy (non-hydrogen) atoms. The van der Waals surface area contributed by atoms with Crippen LogP contribution in [0.3, 0.4) is 0 Å². The molecule has 3 aromatic heterocycles. The molecule has 4 heterocycles. The van der Waals surface area contributed by atoms with E-state index in [9.17, 15) is 9.59 Å². The van der Waals surface area contributed by atoms with Gasteiger partial charge < -0.3 is 14.5 Å². The number of hydrogen-bond donors (Lipinski definition) is 1. The molecule has 1 N–H and O–H groups in total. The van der Waals surface area contributed by atoms with Crippen LogP contribution < -0.4 is 10.9 Å². The van der Waals surface area contributed by atoms with Crippen LogP contribution in [0.2, 0.25) is 0 Å². The number of fused-ring (bicyclic) bond motifs is 3. The third-order valence-electron chi connectivity index (χ3n) is 5.71. The van der Waals surface area contributed by atoms with Gasteiger partial charge in [0.05, 0.1) is 41.8 Å². The number of ether oxygens (including phenoxy) is 1. The lowest BCUT2D eigenvalue weighted by Crippen LogP contribution is -2.32. The Hall–Kier alpha value is -2.88. The third-order valence-corrected chi connectivity index (χ3v) is 7.74. The summed E-state index contributed by atoms with van der Waals surface area (Å²) in [6, 6.07) is 11.4. The number of amides is 1. The maximum Gasteiger partial charge on any atom is 0.267 e. The van der Waals surface area contributed by atoms with Crippen LogP contribution in [0.4, 0.5) is 0 Å². The maximum atomic E-state index is 13.9. The van der Waals surface area contributed by atoms with Gasteiger partial charge in [-0.25, -0.2) is 4.98 Å². The summed E-state index contributed by atoms with van der Waals surface area (Å²) in [6.07, 6.45) is 2.23. The number of aromatic nitrogens is 2. The van der Waals surface area contributed by atoms with Crippen LogP contribution in [0, 0.1) is 6.92 Å². The summed E-state index contributed by atoms with van der Waals surface area (Å²) in [7, 11) is 0. The van der Waals surface area contributed by atoms with Gasteiger partial charge in [0.25, 0.3) is 5.56 Å². The quantitative estimate of drug-likeness (QED) is 0.311. The molecule has 1 aliphatic rings. The largest absolute Gasteiger partial charge is 0.467 e. The highest BCUT2D eigenvalue weighted by atomic mass is 32.2. The molecule has 1 aromatic carbocycles. The minimum absolute atomic E-state index is 0.107. The van der Waals surface area contributed by atoms with Gasteiger partial charge in [0.2, 0.25) is 5.91 Å². The highest BCUT2D eigenvalue weighted by Gasteiger charge is 2.31. The highest BCUT2D eigenvalue weighted by molar-refractivity contribution is 7.99. The number of hydrogen-bond acceptors (Lipinski definition) is 7. The molecule has 176 valence electrons. The molecule has 0 fully saturated rings. The summed E-state index contributed by atoms with van der Waals surface area (Å²) in [5.74, 6) is 0.655. The number of carbonyl (C=O) groups excluding carboxylic acids is 1. The van der Waals surface area contributed by atoms with Crippen LogP contribution in [0.15, 0.2) is 57.0 Å². The first kappa shape index (κ1) is 22.9. The predicted molar refractivity (Wildman–Crippen MR) is 134 cm³/mol. The number of rotatable bonds is 6. The molecular weight excluding hydrogens is 470 g/mol. The Morgan fingerprint density at radius 2 is 2.15 bits per heavy atom. The molecular formula is C25H25N3O4S2. The zero-order valence-corrected chi connectivity index (χ0v) is 20.8. The summed E-state index contributed by atoms with van der Waals surface area (Å²) in [6.45, 7) is 6.86. The Morgan fingerprint density at radius 1 is 1.29 bits per heavy atom. The summed E-state index contributed by atoms with van der Waals surface area (Å²) < 4.78 is 12.9. The van der Waals surface area contributed by atoms with E-state index in [0.29, 0.717) is 40.7 Å². The molecule has 0 saturated heterocycles. The second-order valence-corrected chi connectivity index (χ2v) is 11.0. The van der Waals surface area contributed by atoms with Gasteiger partial charge in [-0.05, 0) is 56.2 Å². The van der Waals surface area contributed by atoms with Crippen LogP contribution in [0.5, 0.6) is 0 Å². The summed E-state index contributed by atoms with van der Waals surface area (Å²) in [4.78, 5) is 33.0. The Kier molecular flexibility index (Phi) is 6.09. The average Bonchev–Trinajstić information content (AvgIpc) is 3.43. The van der Waals surface area contributed by atoms with Crippen molar-refractivity contribution in [1.82, 2.24) is 14.9 Å². The van der Waals surface area contributed by atoms with Gasteiger partial charge in [-0.15, -0.1) is 11.3 Å². The van der Waals surface area contributed by atoms with Crippen molar-refractivity contribution in [2.75, 3.05) is 5.75 Å². The van der Waals surface area contributed by atoms with Crippen molar-refractivity contribution in [3.8, 4) is 5.69 Å². The van der Waals surface area contributed by atoms with Crippen molar-refractivity contribution >= 4 is 39.2 Å². The summed E-state index contributed by atoms with van der Waals surface area (Å²) in [5, 5.41) is 3.99. The Bertz CT molecular complexity index is 1420. The molecule has 1 amide bonds. The van der Waals surface area contributed by atoms with Crippen LogP contribution in [-0.4, -0.2) is 26.8 Å². The fraction of sp³-hybridized carbons (Fsp3) is 0.320. The van der Waals surface area contributed by atoms with Crippen molar-refractivity contribution in [3.63, 3.8) is 0 Å². The lowest BCUT2D eigenvalue weighted by molar-refractivity contribution is -0.118. The summed E-state index contributed by atoms with van der Waals surface area (Å²) >= 11 is 2.76. The number of nitrogens with zero attached hydrogens (tertiary/aromatic N) is 2. The molecule has 0 aliphatic carbocycles. The molecule has 0 spiro atoms. The Labute approximate surface area is 205 Å². The van der Waals surface area contributed by atoms with E-state index in [4.69, 9.17) is 14.1 Å². The number of thioether (sulfide) groups is 1. The van der Waals surface area contributed by atoms with Crippen molar-refractivity contribution in [1.29, 1.82) is 0 Å². The van der Waals surface area contributed by atoms with Crippen molar-refractivity contribution in [3.05, 3.63) is 74.8 Å². The molecule has 0 bridgehead atoms. The molecule has 0 radical (unpaired) electrons. The van der Waals surface area contributed by atoms with Gasteiger partial charge in [0, 0.05) is 11.3 Å². The van der Waals surface area contributed by atoms with E-state index in [-0.39, 0.29) is 22.8 Å². The molecule has 9 heteroatoms. The number of thiophene rings is 1. The van der Waals surface area contributed by atoms with E-state index in [0.717, 1.165) is 21.7 Å². The fourth-order valence-electron chi connectivity index (χ4n) is 4.05. The van der Waals surface area contributed by atoms with Crippen LogP contribution in [0.1, 0.15) is 35.6 Å². The lowest BCUT2D eigenvalue weighted by Gasteiger charge is -2.29. The normalized spacial score (nSPS) is 14.8. The fourth-order valence-corrected chi connectivity index (χ4v) is 6.03. The first-order valence-electron chi connectivity index (χ1n) is 11.0. The predicted octanol–water partition coefficient (Wildman–Crippen LogP) is 4.61. The molecule has 5 rings (SSSR count). The second kappa shape index (κ2) is 9.05. The van der Waals surface area contributed by atoms with Crippen LogP contribution >= 0.6 is 23.1 Å². The second-order valence-electron chi connectivity index (χ2n) is 8.93. The van der Waals surface area contributed by atoms with Gasteiger partial charge in [-0.1, -0.05) is 23.9 Å². The number of furan rings is 1. The first-order valence-corrected chi connectivity index (χ1v) is 12.8. The number of aryl methyl sites for hydroxylation is 1. The zero-order chi connectivity index (χ0) is 23.9. The van der Waals surface area contributed by atoms with E-state index in [1.54, 1.807) is 16.9 Å². The Balaban J connectivity index is 1.53. The van der Waals surface area contributed by atoms with E-state index >= 15 is 0 Å². The number of nitrogens with one attached hydrogen (secondary N) is 1. The van der Waals surface area contributed by atoms with Gasteiger partial charge in [-0.2, -0.15) is 0 Å². The maximum absolute atomic E-state index is 13.9. The number of carbonyl (C=O) groups is 1. The van der Waals surface area contributed by atoms with E-state index < -0.39 is 0 Å². The first-order chi connectivity index (χ1) is 16.3. The van der Waals surface area contributed by atoms with Gasteiger partial charge in [-0.3, -0.25) is 14.2 Å². The molecule has 1 aliphatic heterocycles. The lowest BCUT2D eigenvalue weighted by atomic mass is 9.94. The monoisotopic (exact) mass is 495 g/mol. The summed E-state index contributed by atoms with van der Waals surface area (Å²) in [5.41, 5.74) is 2.37. The van der Waals surface area contributed by atoms with Crippen LogP contribution in [0.25, 0.3) is 15.9 Å². The SMILES string of the molecule is Cc1cccc(-n2c(SCC(=O)NCc3ccco3)nc3sc4c(c3c2=O)CC(C)(C)OC4)c1. The highest BCUT2D eigenvalue weighted by Crippen LogP contribution is 2.38. The minimum Gasteiger partial charge on any atom is -0.467 e. The van der Waals surface area contributed by atoms with Crippen LogP contribution in [-0.2, 0) is 29.1 Å². The average molecular weight is 496 g/mol. The topological polar surface area (TPSA) is 86.4 Å². The standard InChI is InChI=1S/C25H25N3O4S2/c1-15-6-4-7-16(10-15)28-23(30)21-18-11-25(2,3)32-13-19(18)34-22(21)27-24(28)33-14-20(29)26-12-17-8-5-9-31-17/h4-10H,11-14H2,1-3H3,(H,26,29). The van der Waals surface area contributed by atoms with E-state index in [2.05, 4.69) is 5.32 Å². The molecule has 0 unspecified atom stereocenters. The van der Waals surface area contributed by atoms with Gasteiger partial charge >= 0.3 is 0 Å². The van der Waals surface area contributed by atoms with Crippen molar-refractivity contribution < 1.29 is 13.9 Å². The van der Waals surface area contributed by atoms with E-state index in [1.807, 2.05) is 51.1 Å². The van der Waals surface area contributed by atoms with Crippen molar-refractivity contribution in [2.24, 2.45) is 0 Å². The zero-order valence-electron chi connectivity index (χ0n) is 19.2. The van der Waals surface area contributed by atoms with Gasteiger partial charge in [0.1, 0.15) is 10.6 Å². The smallest absolute Gasteiger partial charge is 0.267 e. The molecule has 0 atom stereocenters. The third kappa shape index (κ3) is 4.55. The Morgan fingerprint density at radius 3 is 2.91 bits per heavy atom. The molecule has 4 aromatic rings. The van der Waals surface area contributed by atoms with Crippen molar-refractivity contribution in [2.45, 2.75) is 51.1 Å². The molecule has 7 nitrogen and oxygen atoms in total. The molecule has 0 saturated carbocycles. The minimum atomic E-state index is -0.332. The number of benzene rings is 1. The van der Waals surface area contributed by atoms with E-state index in [1.165, 1.54) is 23.1 Å².